The SMILES string of the molecule is COCCN(C)Cc1cc(/C(N)=N/O)ccc1OC. The van der Waals surface area contributed by atoms with Crippen molar-refractivity contribution in [2.24, 2.45) is 10.9 Å². The number of hydrogen-bond donors (Lipinski definition) is 2. The molecule has 3 N–H and O–H groups in total. The minimum atomic E-state index is 0.0865. The number of oxime groups is 1. The van der Waals surface area contributed by atoms with Crippen molar-refractivity contribution < 1.29 is 14.7 Å². The lowest BCUT2D eigenvalue weighted by Gasteiger charge is -2.18. The van der Waals surface area contributed by atoms with Gasteiger partial charge in [-0.25, -0.2) is 0 Å². The van der Waals surface area contributed by atoms with Gasteiger partial charge < -0.3 is 20.4 Å². The molecule has 106 valence electrons. The molecule has 0 saturated carbocycles. The molecule has 0 radical (unpaired) electrons. The fourth-order valence-corrected chi connectivity index (χ4v) is 1.74. The Morgan fingerprint density at radius 1 is 1.42 bits per heavy atom. The summed E-state index contributed by atoms with van der Waals surface area (Å²) < 4.78 is 10.4. The third kappa shape index (κ3) is 4.42. The van der Waals surface area contributed by atoms with Crippen molar-refractivity contribution in [2.75, 3.05) is 34.4 Å². The Labute approximate surface area is 113 Å². The highest BCUT2D eigenvalue weighted by atomic mass is 16.5. The van der Waals surface area contributed by atoms with Crippen LogP contribution < -0.4 is 10.5 Å². The zero-order valence-electron chi connectivity index (χ0n) is 11.6. The van der Waals surface area contributed by atoms with Crippen LogP contribution >= 0.6 is 0 Å². The maximum absolute atomic E-state index is 8.71. The number of ether oxygens (including phenoxy) is 2. The molecule has 0 aliphatic carbocycles. The molecule has 19 heavy (non-hydrogen) atoms. The Morgan fingerprint density at radius 2 is 2.16 bits per heavy atom. The number of hydrogen-bond acceptors (Lipinski definition) is 5. The highest BCUT2D eigenvalue weighted by Gasteiger charge is 2.09. The third-order valence-electron chi connectivity index (χ3n) is 2.80. The van der Waals surface area contributed by atoms with E-state index in [4.69, 9.17) is 20.4 Å². The van der Waals surface area contributed by atoms with E-state index in [-0.39, 0.29) is 5.84 Å². The van der Waals surface area contributed by atoms with Crippen LogP contribution in [0.25, 0.3) is 0 Å². The van der Waals surface area contributed by atoms with Crippen molar-refractivity contribution in [3.8, 4) is 5.75 Å². The molecule has 0 atom stereocenters. The molecule has 0 bridgehead atoms. The number of methoxy groups -OCH3 is 2. The fourth-order valence-electron chi connectivity index (χ4n) is 1.74. The maximum Gasteiger partial charge on any atom is 0.170 e. The summed E-state index contributed by atoms with van der Waals surface area (Å²) in [6, 6.07) is 5.43. The minimum Gasteiger partial charge on any atom is -0.496 e. The second-order valence-corrected chi connectivity index (χ2v) is 4.24. The maximum atomic E-state index is 8.71. The van der Waals surface area contributed by atoms with Gasteiger partial charge in [0, 0.05) is 31.3 Å². The van der Waals surface area contributed by atoms with Crippen LogP contribution in [-0.2, 0) is 11.3 Å². The summed E-state index contributed by atoms with van der Waals surface area (Å²) in [6.07, 6.45) is 0. The van der Waals surface area contributed by atoms with Crippen LogP contribution in [0.15, 0.2) is 23.4 Å². The number of benzene rings is 1. The van der Waals surface area contributed by atoms with Gasteiger partial charge in [-0.05, 0) is 25.2 Å². The minimum absolute atomic E-state index is 0.0865. The molecule has 0 aliphatic rings. The number of amidine groups is 1. The van der Waals surface area contributed by atoms with Crippen molar-refractivity contribution in [1.29, 1.82) is 0 Å². The van der Waals surface area contributed by atoms with Crippen molar-refractivity contribution in [1.82, 2.24) is 4.90 Å². The Hall–Kier alpha value is -1.79. The van der Waals surface area contributed by atoms with E-state index in [2.05, 4.69) is 10.1 Å². The van der Waals surface area contributed by atoms with Gasteiger partial charge in [0.05, 0.1) is 13.7 Å². The molecule has 0 unspecified atom stereocenters. The van der Waals surface area contributed by atoms with Crippen LogP contribution in [-0.4, -0.2) is 50.4 Å². The van der Waals surface area contributed by atoms with Crippen LogP contribution in [0.2, 0.25) is 0 Å². The van der Waals surface area contributed by atoms with Gasteiger partial charge in [0.15, 0.2) is 5.84 Å². The van der Waals surface area contributed by atoms with Gasteiger partial charge in [-0.3, -0.25) is 4.90 Å². The molecule has 0 fully saturated rings. The van der Waals surface area contributed by atoms with E-state index in [1.54, 1.807) is 20.3 Å². The topological polar surface area (TPSA) is 80.3 Å². The largest absolute Gasteiger partial charge is 0.496 e. The molecule has 1 aromatic carbocycles. The van der Waals surface area contributed by atoms with Crippen molar-refractivity contribution in [3.63, 3.8) is 0 Å². The standard InChI is InChI=1S/C13H21N3O3/c1-16(6-7-18-2)9-11-8-10(13(14)15-17)4-5-12(11)19-3/h4-5,8,17H,6-7,9H2,1-3H3,(H2,14,15). The van der Waals surface area contributed by atoms with Crippen LogP contribution in [0.4, 0.5) is 0 Å². The fraction of sp³-hybridized carbons (Fsp3) is 0.462. The summed E-state index contributed by atoms with van der Waals surface area (Å²) in [4.78, 5) is 2.11. The summed E-state index contributed by atoms with van der Waals surface area (Å²) in [5, 5.41) is 11.7. The van der Waals surface area contributed by atoms with Crippen molar-refractivity contribution >= 4 is 5.84 Å². The first-order valence-electron chi connectivity index (χ1n) is 5.94. The van der Waals surface area contributed by atoms with E-state index in [0.29, 0.717) is 18.7 Å². The average molecular weight is 267 g/mol. The molecule has 0 aliphatic heterocycles. The summed E-state index contributed by atoms with van der Waals surface area (Å²) in [7, 11) is 5.29. The monoisotopic (exact) mass is 267 g/mol. The quantitative estimate of drug-likeness (QED) is 0.331. The molecule has 1 aromatic rings. The number of likely N-dealkylation sites (N-methyl/N-ethyl adjacent to an activating group) is 1. The highest BCUT2D eigenvalue weighted by Crippen LogP contribution is 2.21. The van der Waals surface area contributed by atoms with E-state index < -0.39 is 0 Å². The molecule has 6 nitrogen and oxygen atoms in total. The molecular formula is C13H21N3O3. The van der Waals surface area contributed by atoms with Gasteiger partial charge >= 0.3 is 0 Å². The van der Waals surface area contributed by atoms with Crippen LogP contribution in [0, 0.1) is 0 Å². The van der Waals surface area contributed by atoms with Crippen LogP contribution in [0.3, 0.4) is 0 Å². The predicted molar refractivity (Wildman–Crippen MR) is 73.7 cm³/mol. The van der Waals surface area contributed by atoms with Gasteiger partial charge in [0.2, 0.25) is 0 Å². The molecule has 0 spiro atoms. The lowest BCUT2D eigenvalue weighted by molar-refractivity contribution is 0.158. The lowest BCUT2D eigenvalue weighted by atomic mass is 10.1. The van der Waals surface area contributed by atoms with Gasteiger partial charge in [-0.1, -0.05) is 5.16 Å². The van der Waals surface area contributed by atoms with Crippen molar-refractivity contribution in [3.05, 3.63) is 29.3 Å². The molecule has 0 heterocycles. The summed E-state index contributed by atoms with van der Waals surface area (Å²) >= 11 is 0. The molecule has 6 heteroatoms. The summed E-state index contributed by atoms with van der Waals surface area (Å²) in [6.45, 7) is 2.17. The van der Waals surface area contributed by atoms with E-state index in [0.717, 1.165) is 17.9 Å². The van der Waals surface area contributed by atoms with Crippen LogP contribution in [0.5, 0.6) is 5.75 Å². The lowest BCUT2D eigenvalue weighted by Crippen LogP contribution is -2.23. The zero-order chi connectivity index (χ0) is 14.3. The Morgan fingerprint density at radius 3 is 2.74 bits per heavy atom. The Bertz CT molecular complexity index is 435. The molecule has 0 amide bonds. The second-order valence-electron chi connectivity index (χ2n) is 4.24. The van der Waals surface area contributed by atoms with E-state index in [1.807, 2.05) is 19.2 Å². The van der Waals surface area contributed by atoms with Gasteiger partial charge in [0.1, 0.15) is 5.75 Å². The summed E-state index contributed by atoms with van der Waals surface area (Å²) in [5.74, 6) is 0.863. The molecular weight excluding hydrogens is 246 g/mol. The average Bonchev–Trinajstić information content (AvgIpc) is 2.44. The Balaban J connectivity index is 2.90. The zero-order valence-corrected chi connectivity index (χ0v) is 11.6. The van der Waals surface area contributed by atoms with E-state index >= 15 is 0 Å². The highest BCUT2D eigenvalue weighted by molar-refractivity contribution is 5.97. The first-order chi connectivity index (χ1) is 9.12. The molecule has 1 rings (SSSR count). The number of nitrogens with two attached hydrogens (primary N) is 1. The van der Waals surface area contributed by atoms with Crippen molar-refractivity contribution in [2.45, 2.75) is 6.54 Å². The number of nitrogens with zero attached hydrogens (tertiary/aromatic N) is 2. The van der Waals surface area contributed by atoms with Gasteiger partial charge in [0.25, 0.3) is 0 Å². The van der Waals surface area contributed by atoms with Gasteiger partial charge in [-0.15, -0.1) is 0 Å². The third-order valence-corrected chi connectivity index (χ3v) is 2.80. The van der Waals surface area contributed by atoms with Gasteiger partial charge in [-0.2, -0.15) is 0 Å². The number of rotatable bonds is 7. The van der Waals surface area contributed by atoms with E-state index in [1.165, 1.54) is 0 Å². The molecule has 0 saturated heterocycles. The predicted octanol–water partition coefficient (Wildman–Crippen LogP) is 0.868. The normalized spacial score (nSPS) is 11.9. The summed E-state index contributed by atoms with van der Waals surface area (Å²) in [5.41, 5.74) is 7.23. The van der Waals surface area contributed by atoms with E-state index in [9.17, 15) is 0 Å². The first-order valence-corrected chi connectivity index (χ1v) is 5.94. The van der Waals surface area contributed by atoms with Crippen LogP contribution in [0.1, 0.15) is 11.1 Å². The Kier molecular flexibility index (Phi) is 6.11. The molecule has 0 aromatic heterocycles. The first kappa shape index (κ1) is 15.3. The second kappa shape index (κ2) is 7.60. The smallest absolute Gasteiger partial charge is 0.170 e.